The lowest BCUT2D eigenvalue weighted by atomic mass is 10.1. The van der Waals surface area contributed by atoms with Crippen LogP contribution in [0.15, 0.2) is 34.0 Å². The molecule has 2 N–H and O–H groups in total. The maximum Gasteiger partial charge on any atom is 0.247 e. The van der Waals surface area contributed by atoms with Crippen molar-refractivity contribution < 1.29 is 14.3 Å². The Bertz CT molecular complexity index is 426. The number of hydrogen-bond donors (Lipinski definition) is 2. The summed E-state index contributed by atoms with van der Waals surface area (Å²) in [5.41, 5.74) is 2.03. The average Bonchev–Trinajstić information content (AvgIpc) is 3.06. The van der Waals surface area contributed by atoms with Crippen LogP contribution in [-0.4, -0.2) is 17.6 Å². The quantitative estimate of drug-likeness (QED) is 0.805. The van der Waals surface area contributed by atoms with Gasteiger partial charge in [-0.3, -0.25) is 4.79 Å². The van der Waals surface area contributed by atoms with Gasteiger partial charge in [-0.15, -0.1) is 0 Å². The molecule has 1 heterocycles. The van der Waals surface area contributed by atoms with E-state index in [-0.39, 0.29) is 12.5 Å². The lowest BCUT2D eigenvalue weighted by molar-refractivity contribution is -0.118. The summed E-state index contributed by atoms with van der Waals surface area (Å²) in [6.45, 7) is 1.69. The van der Waals surface area contributed by atoms with E-state index in [0.29, 0.717) is 5.76 Å². The summed E-state index contributed by atoms with van der Waals surface area (Å²) in [6.07, 6.45) is 5.91. The number of furan rings is 1. The molecule has 1 fully saturated rings. The molecule has 0 radical (unpaired) electrons. The zero-order chi connectivity index (χ0) is 13.0. The molecule has 0 spiro atoms. The summed E-state index contributed by atoms with van der Waals surface area (Å²) in [7, 11) is 0. The Labute approximate surface area is 107 Å². The fourth-order valence-electron chi connectivity index (χ4n) is 2.30. The van der Waals surface area contributed by atoms with Crippen LogP contribution in [0.5, 0.6) is 0 Å². The summed E-state index contributed by atoms with van der Waals surface area (Å²) < 4.78 is 5.20. The summed E-state index contributed by atoms with van der Waals surface area (Å²) >= 11 is 0. The van der Waals surface area contributed by atoms with Gasteiger partial charge in [0.2, 0.25) is 5.91 Å². The average molecular weight is 249 g/mol. The zero-order valence-electron chi connectivity index (χ0n) is 10.6. The number of rotatable bonds is 4. The standard InChI is InChI=1S/C14H19NO3/c1-10(11-5-2-3-6-11)14(17)15-12(9-16)13-7-4-8-18-13/h4,7-8,12,16H,2-3,5-6,9H2,1H3,(H,15,17). The molecule has 1 aromatic heterocycles. The Balaban J connectivity index is 2.04. The van der Waals surface area contributed by atoms with Crippen molar-refractivity contribution in [1.29, 1.82) is 0 Å². The van der Waals surface area contributed by atoms with E-state index in [4.69, 9.17) is 4.42 Å². The molecule has 4 heteroatoms. The van der Waals surface area contributed by atoms with Crippen LogP contribution in [0.4, 0.5) is 0 Å². The molecule has 0 aliphatic heterocycles. The molecular formula is C14H19NO3. The Morgan fingerprint density at radius 2 is 2.22 bits per heavy atom. The molecule has 0 saturated heterocycles. The van der Waals surface area contributed by atoms with Crippen molar-refractivity contribution in [3.05, 3.63) is 35.3 Å². The highest BCUT2D eigenvalue weighted by Crippen LogP contribution is 2.27. The molecule has 1 aliphatic rings. The molecule has 1 unspecified atom stereocenters. The van der Waals surface area contributed by atoms with Gasteiger partial charge in [-0.1, -0.05) is 5.57 Å². The van der Waals surface area contributed by atoms with E-state index in [1.54, 1.807) is 12.1 Å². The van der Waals surface area contributed by atoms with Gasteiger partial charge in [0.1, 0.15) is 11.8 Å². The molecule has 1 atom stereocenters. The summed E-state index contributed by atoms with van der Waals surface area (Å²) in [4.78, 5) is 12.1. The fraction of sp³-hybridized carbons (Fsp3) is 0.500. The lowest BCUT2D eigenvalue weighted by Gasteiger charge is -2.15. The smallest absolute Gasteiger partial charge is 0.247 e. The van der Waals surface area contributed by atoms with Crippen LogP contribution >= 0.6 is 0 Å². The normalized spacial score (nSPS) is 16.7. The molecule has 18 heavy (non-hydrogen) atoms. The molecule has 98 valence electrons. The minimum absolute atomic E-state index is 0.109. The van der Waals surface area contributed by atoms with Gasteiger partial charge < -0.3 is 14.8 Å². The third-order valence-corrected chi connectivity index (χ3v) is 3.45. The molecular weight excluding hydrogens is 230 g/mol. The first-order valence-electron chi connectivity index (χ1n) is 6.36. The number of hydrogen-bond acceptors (Lipinski definition) is 3. The number of aliphatic hydroxyl groups excluding tert-OH is 1. The molecule has 1 amide bonds. The largest absolute Gasteiger partial charge is 0.467 e. The fourth-order valence-corrected chi connectivity index (χ4v) is 2.30. The number of carbonyl (C=O) groups excluding carboxylic acids is 1. The number of aliphatic hydroxyl groups is 1. The van der Waals surface area contributed by atoms with E-state index < -0.39 is 6.04 Å². The summed E-state index contributed by atoms with van der Waals surface area (Å²) in [5, 5.41) is 12.1. The Kier molecular flexibility index (Phi) is 4.20. The van der Waals surface area contributed by atoms with Crippen LogP contribution in [0.3, 0.4) is 0 Å². The monoisotopic (exact) mass is 249 g/mol. The molecule has 0 bridgehead atoms. The van der Waals surface area contributed by atoms with Gasteiger partial charge in [0, 0.05) is 5.57 Å². The van der Waals surface area contributed by atoms with Crippen molar-refractivity contribution in [2.45, 2.75) is 38.6 Å². The van der Waals surface area contributed by atoms with Gasteiger partial charge in [0.25, 0.3) is 0 Å². The molecule has 0 aromatic carbocycles. The first-order chi connectivity index (χ1) is 8.72. The van der Waals surface area contributed by atoms with Crippen molar-refractivity contribution in [2.24, 2.45) is 0 Å². The highest BCUT2D eigenvalue weighted by molar-refractivity contribution is 5.93. The SMILES string of the molecule is CC(C(=O)NC(CO)c1ccco1)=C1CCCC1. The molecule has 4 nitrogen and oxygen atoms in total. The number of amides is 1. The highest BCUT2D eigenvalue weighted by Gasteiger charge is 2.19. The van der Waals surface area contributed by atoms with Crippen LogP contribution in [0, 0.1) is 0 Å². The highest BCUT2D eigenvalue weighted by atomic mass is 16.3. The first kappa shape index (κ1) is 12.9. The van der Waals surface area contributed by atoms with Crippen molar-refractivity contribution in [2.75, 3.05) is 6.61 Å². The molecule has 2 rings (SSSR count). The van der Waals surface area contributed by atoms with Crippen LogP contribution in [-0.2, 0) is 4.79 Å². The Morgan fingerprint density at radius 3 is 2.78 bits per heavy atom. The third kappa shape index (κ3) is 2.82. The van der Waals surface area contributed by atoms with Gasteiger partial charge in [0.05, 0.1) is 12.9 Å². The van der Waals surface area contributed by atoms with Crippen LogP contribution in [0.1, 0.15) is 44.4 Å². The van der Waals surface area contributed by atoms with Crippen molar-refractivity contribution in [3.63, 3.8) is 0 Å². The van der Waals surface area contributed by atoms with Crippen LogP contribution < -0.4 is 5.32 Å². The minimum Gasteiger partial charge on any atom is -0.467 e. The molecule has 1 aromatic rings. The van der Waals surface area contributed by atoms with Crippen LogP contribution in [0.25, 0.3) is 0 Å². The topological polar surface area (TPSA) is 62.5 Å². The second-order valence-corrected chi connectivity index (χ2v) is 4.66. The van der Waals surface area contributed by atoms with Gasteiger partial charge in [-0.05, 0) is 44.7 Å². The number of carbonyl (C=O) groups is 1. The second kappa shape index (κ2) is 5.87. The summed E-state index contributed by atoms with van der Waals surface area (Å²) in [6, 6.07) is 3.02. The van der Waals surface area contributed by atoms with E-state index in [2.05, 4.69) is 5.32 Å². The van der Waals surface area contributed by atoms with E-state index in [9.17, 15) is 9.90 Å². The van der Waals surface area contributed by atoms with E-state index in [1.165, 1.54) is 24.7 Å². The van der Waals surface area contributed by atoms with Crippen LogP contribution in [0.2, 0.25) is 0 Å². The molecule has 1 aliphatic carbocycles. The van der Waals surface area contributed by atoms with Gasteiger partial charge in [0.15, 0.2) is 0 Å². The maximum atomic E-state index is 12.1. The number of allylic oxidation sites excluding steroid dienone is 1. The molecule has 1 saturated carbocycles. The first-order valence-corrected chi connectivity index (χ1v) is 6.36. The van der Waals surface area contributed by atoms with E-state index >= 15 is 0 Å². The maximum absolute atomic E-state index is 12.1. The third-order valence-electron chi connectivity index (χ3n) is 3.45. The lowest BCUT2D eigenvalue weighted by Crippen LogP contribution is -2.31. The predicted molar refractivity (Wildman–Crippen MR) is 67.8 cm³/mol. The Morgan fingerprint density at radius 1 is 1.50 bits per heavy atom. The second-order valence-electron chi connectivity index (χ2n) is 4.66. The predicted octanol–water partition coefficient (Wildman–Crippen LogP) is 2.32. The zero-order valence-corrected chi connectivity index (χ0v) is 10.6. The van der Waals surface area contributed by atoms with Gasteiger partial charge in [-0.2, -0.15) is 0 Å². The van der Waals surface area contributed by atoms with Crippen molar-refractivity contribution in [3.8, 4) is 0 Å². The van der Waals surface area contributed by atoms with E-state index in [0.717, 1.165) is 18.4 Å². The number of nitrogens with one attached hydrogen (secondary N) is 1. The van der Waals surface area contributed by atoms with Crippen molar-refractivity contribution >= 4 is 5.91 Å². The minimum atomic E-state index is -0.468. The van der Waals surface area contributed by atoms with Gasteiger partial charge in [-0.25, -0.2) is 0 Å². The van der Waals surface area contributed by atoms with Crippen molar-refractivity contribution in [1.82, 2.24) is 5.32 Å². The Hall–Kier alpha value is -1.55. The summed E-state index contributed by atoms with van der Waals surface area (Å²) in [5.74, 6) is 0.470. The van der Waals surface area contributed by atoms with Gasteiger partial charge >= 0.3 is 0 Å². The van der Waals surface area contributed by atoms with E-state index in [1.807, 2.05) is 6.92 Å².